The molecule has 4 aromatic rings. The first kappa shape index (κ1) is 22.9. The SMILES string of the molecule is O=C(O)c1ccc2cc(C(F)(F)F)c(-c3ccc(NC(=O)c4cc(F)c(F)cc4F)cc3)n2c1. The molecule has 0 bridgehead atoms. The number of fused-ring (bicyclic) bond motifs is 1. The first-order valence-corrected chi connectivity index (χ1v) is 9.47. The molecule has 2 aromatic heterocycles. The number of anilines is 1. The van der Waals surface area contributed by atoms with Crippen molar-refractivity contribution in [3.8, 4) is 11.3 Å². The summed E-state index contributed by atoms with van der Waals surface area (Å²) < 4.78 is 82.4. The Hall–Kier alpha value is -4.28. The number of pyridine rings is 1. The summed E-state index contributed by atoms with van der Waals surface area (Å²) in [7, 11) is 0. The van der Waals surface area contributed by atoms with Crippen molar-refractivity contribution in [1.29, 1.82) is 0 Å². The number of nitrogens with one attached hydrogen (secondary N) is 1. The monoisotopic (exact) mass is 478 g/mol. The molecule has 34 heavy (non-hydrogen) atoms. The molecule has 0 saturated carbocycles. The van der Waals surface area contributed by atoms with Crippen LogP contribution in [0.2, 0.25) is 0 Å². The van der Waals surface area contributed by atoms with E-state index in [1.165, 1.54) is 36.4 Å². The lowest BCUT2D eigenvalue weighted by Gasteiger charge is -2.12. The molecule has 0 fully saturated rings. The van der Waals surface area contributed by atoms with Crippen molar-refractivity contribution in [1.82, 2.24) is 4.40 Å². The van der Waals surface area contributed by atoms with Crippen molar-refractivity contribution in [2.75, 3.05) is 5.32 Å². The number of hydrogen-bond donors (Lipinski definition) is 2. The summed E-state index contributed by atoms with van der Waals surface area (Å²) in [6.07, 6.45) is -3.69. The molecular formula is C23H12F6N2O3. The van der Waals surface area contributed by atoms with Gasteiger partial charge in [-0.2, -0.15) is 13.2 Å². The van der Waals surface area contributed by atoms with Gasteiger partial charge >= 0.3 is 12.1 Å². The minimum atomic E-state index is -4.75. The Kier molecular flexibility index (Phi) is 5.56. The minimum Gasteiger partial charge on any atom is -0.478 e. The molecule has 0 aliphatic carbocycles. The number of amides is 1. The number of nitrogens with zero attached hydrogens (tertiary/aromatic N) is 1. The molecule has 0 radical (unpaired) electrons. The highest BCUT2D eigenvalue weighted by molar-refractivity contribution is 6.04. The standard InChI is InChI=1S/C23H12F6N2O3/c24-17-9-19(26)18(25)8-15(17)21(32)30-13-4-1-11(2-5-13)20-16(23(27,28)29)7-14-6-3-12(22(33)34)10-31(14)20/h1-10H,(H,30,32)(H,33,34). The lowest BCUT2D eigenvalue weighted by atomic mass is 10.1. The number of carbonyl (C=O) groups is 2. The Bertz CT molecular complexity index is 1440. The number of aromatic nitrogens is 1. The average molecular weight is 478 g/mol. The Balaban J connectivity index is 1.72. The number of carboxylic acid groups (broad SMARTS) is 1. The van der Waals surface area contributed by atoms with E-state index in [-0.39, 0.29) is 34.1 Å². The summed E-state index contributed by atoms with van der Waals surface area (Å²) in [5.74, 6) is -6.61. The van der Waals surface area contributed by atoms with E-state index < -0.39 is 46.6 Å². The number of alkyl halides is 3. The summed E-state index contributed by atoms with van der Waals surface area (Å²) in [5.41, 5.74) is -2.12. The maximum absolute atomic E-state index is 13.8. The molecule has 11 heteroatoms. The van der Waals surface area contributed by atoms with Gasteiger partial charge in [-0.1, -0.05) is 12.1 Å². The van der Waals surface area contributed by atoms with Gasteiger partial charge in [-0.25, -0.2) is 18.0 Å². The van der Waals surface area contributed by atoms with Crippen molar-refractivity contribution in [2.45, 2.75) is 6.18 Å². The smallest absolute Gasteiger partial charge is 0.418 e. The van der Waals surface area contributed by atoms with Crippen LogP contribution in [0.15, 0.2) is 60.8 Å². The van der Waals surface area contributed by atoms with Crippen molar-refractivity contribution in [3.63, 3.8) is 0 Å². The van der Waals surface area contributed by atoms with Crippen LogP contribution in [0.25, 0.3) is 16.8 Å². The van der Waals surface area contributed by atoms with E-state index in [1.54, 1.807) is 0 Å². The summed E-state index contributed by atoms with van der Waals surface area (Å²) in [6.45, 7) is 0. The molecule has 2 heterocycles. The molecule has 0 spiro atoms. The maximum atomic E-state index is 13.8. The second-order valence-corrected chi connectivity index (χ2v) is 7.20. The highest BCUT2D eigenvalue weighted by Gasteiger charge is 2.36. The number of carbonyl (C=O) groups excluding carboxylic acids is 1. The predicted octanol–water partition coefficient (Wildman–Crippen LogP) is 5.99. The van der Waals surface area contributed by atoms with Gasteiger partial charge < -0.3 is 14.8 Å². The molecule has 5 nitrogen and oxygen atoms in total. The molecule has 2 aromatic carbocycles. The molecule has 2 N–H and O–H groups in total. The van der Waals surface area contributed by atoms with Crippen molar-refractivity contribution >= 4 is 23.1 Å². The minimum absolute atomic E-state index is 0.0403. The fourth-order valence-electron chi connectivity index (χ4n) is 3.41. The Morgan fingerprint density at radius 2 is 1.50 bits per heavy atom. The van der Waals surface area contributed by atoms with E-state index in [9.17, 15) is 41.0 Å². The molecule has 1 amide bonds. The molecular weight excluding hydrogens is 466 g/mol. The zero-order chi connectivity index (χ0) is 24.8. The average Bonchev–Trinajstić information content (AvgIpc) is 3.16. The van der Waals surface area contributed by atoms with Crippen LogP contribution in [0.5, 0.6) is 0 Å². The highest BCUT2D eigenvalue weighted by Crippen LogP contribution is 2.39. The van der Waals surface area contributed by atoms with E-state index in [1.807, 2.05) is 0 Å². The maximum Gasteiger partial charge on any atom is 0.418 e. The van der Waals surface area contributed by atoms with E-state index in [0.29, 0.717) is 6.07 Å². The third-order valence-electron chi connectivity index (χ3n) is 4.99. The second kappa shape index (κ2) is 8.25. The molecule has 0 unspecified atom stereocenters. The third kappa shape index (κ3) is 4.19. The molecule has 0 atom stereocenters. The van der Waals surface area contributed by atoms with Gasteiger partial charge in [0.15, 0.2) is 11.6 Å². The quantitative estimate of drug-likeness (QED) is 0.280. The largest absolute Gasteiger partial charge is 0.478 e. The molecule has 0 aliphatic heterocycles. The van der Waals surface area contributed by atoms with Crippen molar-refractivity contribution in [3.05, 3.63) is 94.9 Å². The van der Waals surface area contributed by atoms with Gasteiger partial charge in [0.2, 0.25) is 0 Å². The highest BCUT2D eigenvalue weighted by atomic mass is 19.4. The van der Waals surface area contributed by atoms with Crippen LogP contribution in [0.3, 0.4) is 0 Å². The summed E-state index contributed by atoms with van der Waals surface area (Å²) in [4.78, 5) is 23.5. The topological polar surface area (TPSA) is 70.8 Å². The first-order valence-electron chi connectivity index (χ1n) is 9.47. The summed E-state index contributed by atoms with van der Waals surface area (Å²) in [5, 5.41) is 11.4. The van der Waals surface area contributed by atoms with Gasteiger partial charge in [-0.3, -0.25) is 4.79 Å². The lowest BCUT2D eigenvalue weighted by molar-refractivity contribution is -0.137. The van der Waals surface area contributed by atoms with Gasteiger partial charge in [-0.05, 0) is 42.0 Å². The lowest BCUT2D eigenvalue weighted by Crippen LogP contribution is -2.14. The van der Waals surface area contributed by atoms with Crippen molar-refractivity contribution in [2.24, 2.45) is 0 Å². The normalized spacial score (nSPS) is 11.6. The number of carboxylic acids is 1. The fourth-order valence-corrected chi connectivity index (χ4v) is 3.41. The zero-order valence-corrected chi connectivity index (χ0v) is 16.8. The van der Waals surface area contributed by atoms with Crippen LogP contribution in [0.4, 0.5) is 32.0 Å². The van der Waals surface area contributed by atoms with Crippen LogP contribution in [0.1, 0.15) is 26.3 Å². The zero-order valence-electron chi connectivity index (χ0n) is 16.8. The number of rotatable bonds is 4. The van der Waals surface area contributed by atoms with E-state index in [0.717, 1.165) is 16.7 Å². The Labute approximate surface area is 186 Å². The Morgan fingerprint density at radius 1 is 0.853 bits per heavy atom. The summed E-state index contributed by atoms with van der Waals surface area (Å²) >= 11 is 0. The van der Waals surface area contributed by atoms with Crippen molar-refractivity contribution < 1.29 is 41.0 Å². The molecule has 174 valence electrons. The van der Waals surface area contributed by atoms with Gasteiger partial charge in [-0.15, -0.1) is 0 Å². The number of aromatic carboxylic acids is 1. The Morgan fingerprint density at radius 3 is 2.12 bits per heavy atom. The van der Waals surface area contributed by atoms with Crippen LogP contribution in [0, 0.1) is 17.5 Å². The van der Waals surface area contributed by atoms with Gasteiger partial charge in [0.1, 0.15) is 5.82 Å². The van der Waals surface area contributed by atoms with E-state index in [2.05, 4.69) is 5.32 Å². The van der Waals surface area contributed by atoms with Gasteiger partial charge in [0, 0.05) is 23.5 Å². The number of hydrogen-bond acceptors (Lipinski definition) is 2. The third-order valence-corrected chi connectivity index (χ3v) is 4.99. The summed E-state index contributed by atoms with van der Waals surface area (Å²) in [6, 6.07) is 8.83. The second-order valence-electron chi connectivity index (χ2n) is 7.20. The predicted molar refractivity (Wildman–Crippen MR) is 109 cm³/mol. The molecule has 0 aliphatic rings. The van der Waals surface area contributed by atoms with Crippen LogP contribution in [-0.4, -0.2) is 21.4 Å². The van der Waals surface area contributed by atoms with Gasteiger partial charge in [0.05, 0.1) is 22.4 Å². The van der Waals surface area contributed by atoms with Crippen LogP contribution < -0.4 is 5.32 Å². The van der Waals surface area contributed by atoms with E-state index in [4.69, 9.17) is 0 Å². The first-order chi connectivity index (χ1) is 16.0. The molecule has 4 rings (SSSR count). The number of halogens is 6. The van der Waals surface area contributed by atoms with Gasteiger partial charge in [0.25, 0.3) is 5.91 Å². The number of benzene rings is 2. The molecule has 0 saturated heterocycles. The van der Waals surface area contributed by atoms with Crippen LogP contribution >= 0.6 is 0 Å². The van der Waals surface area contributed by atoms with E-state index >= 15 is 0 Å². The fraction of sp³-hybridized carbons (Fsp3) is 0.0435. The van der Waals surface area contributed by atoms with Crippen LogP contribution in [-0.2, 0) is 6.18 Å².